The zero-order valence-corrected chi connectivity index (χ0v) is 19.2. The minimum absolute atomic E-state index is 0.193. The van der Waals surface area contributed by atoms with Crippen LogP contribution in [0.4, 0.5) is 10.1 Å². The molecule has 172 valence electrons. The third-order valence-electron chi connectivity index (χ3n) is 5.50. The van der Waals surface area contributed by atoms with Gasteiger partial charge in [0.25, 0.3) is 5.91 Å². The quantitative estimate of drug-likeness (QED) is 0.430. The van der Waals surface area contributed by atoms with Gasteiger partial charge in [0, 0.05) is 17.4 Å². The second-order valence-corrected chi connectivity index (χ2v) is 8.18. The fourth-order valence-corrected chi connectivity index (χ4v) is 3.72. The molecule has 1 heterocycles. The molecule has 0 bridgehead atoms. The van der Waals surface area contributed by atoms with Crippen molar-refractivity contribution in [1.29, 1.82) is 0 Å². The fraction of sp³-hybridized carbons (Fsp3) is 0.148. The highest BCUT2D eigenvalue weighted by molar-refractivity contribution is 6.03. The van der Waals surface area contributed by atoms with E-state index < -0.39 is 5.91 Å². The van der Waals surface area contributed by atoms with Crippen LogP contribution < -0.4 is 10.6 Å². The van der Waals surface area contributed by atoms with E-state index in [0.717, 1.165) is 27.9 Å². The molecule has 7 heteroatoms. The van der Waals surface area contributed by atoms with E-state index >= 15 is 0 Å². The Bertz CT molecular complexity index is 1340. The van der Waals surface area contributed by atoms with Gasteiger partial charge in [0.05, 0.1) is 17.8 Å². The molecule has 0 saturated carbocycles. The second kappa shape index (κ2) is 9.70. The van der Waals surface area contributed by atoms with Gasteiger partial charge < -0.3 is 10.6 Å². The van der Waals surface area contributed by atoms with Gasteiger partial charge in [-0.15, -0.1) is 0 Å². The van der Waals surface area contributed by atoms with Crippen molar-refractivity contribution in [3.05, 3.63) is 101 Å². The molecular weight excluding hydrogens is 431 g/mol. The van der Waals surface area contributed by atoms with E-state index in [0.29, 0.717) is 16.9 Å². The Kier molecular flexibility index (Phi) is 6.54. The van der Waals surface area contributed by atoms with Crippen LogP contribution in [0.5, 0.6) is 0 Å². The molecule has 1 aromatic heterocycles. The molecule has 3 aromatic carbocycles. The van der Waals surface area contributed by atoms with Crippen molar-refractivity contribution in [1.82, 2.24) is 15.1 Å². The summed E-state index contributed by atoms with van der Waals surface area (Å²) in [5.74, 6) is -1.11. The molecule has 2 amide bonds. The average Bonchev–Trinajstić information content (AvgIpc) is 3.26. The minimum Gasteiger partial charge on any atom is -0.343 e. The zero-order chi connectivity index (χ0) is 24.2. The number of nitrogens with zero attached hydrogens (tertiary/aromatic N) is 2. The minimum atomic E-state index is -0.429. The Morgan fingerprint density at radius 1 is 0.941 bits per heavy atom. The normalized spacial score (nSPS) is 10.7. The van der Waals surface area contributed by atoms with Crippen LogP contribution in [-0.4, -0.2) is 28.1 Å². The first-order chi connectivity index (χ1) is 16.3. The molecule has 0 unspecified atom stereocenters. The molecule has 0 aliphatic carbocycles. The number of carbonyl (C=O) groups excluding carboxylic acids is 2. The standard InChI is InChI=1S/C27H25FN4O2/c1-17-6-4-9-20(14-17)26-23(16-32(31-26)22-12-10-21(28)11-13-22)27(34)29-15-24(33)30-25-18(2)7-5-8-19(25)3/h4-14,16H,15H2,1-3H3,(H,29,34)(H,30,33). The lowest BCUT2D eigenvalue weighted by Crippen LogP contribution is -2.33. The number of nitrogens with one attached hydrogen (secondary N) is 2. The number of anilines is 1. The predicted molar refractivity (Wildman–Crippen MR) is 131 cm³/mol. The van der Waals surface area contributed by atoms with E-state index in [-0.39, 0.29) is 18.3 Å². The van der Waals surface area contributed by atoms with Crippen LogP contribution in [0.1, 0.15) is 27.0 Å². The topological polar surface area (TPSA) is 76.0 Å². The van der Waals surface area contributed by atoms with E-state index in [1.54, 1.807) is 18.3 Å². The van der Waals surface area contributed by atoms with Crippen molar-refractivity contribution in [2.75, 3.05) is 11.9 Å². The van der Waals surface area contributed by atoms with E-state index in [4.69, 9.17) is 0 Å². The van der Waals surface area contributed by atoms with Gasteiger partial charge >= 0.3 is 0 Å². The van der Waals surface area contributed by atoms with Gasteiger partial charge in [-0.3, -0.25) is 9.59 Å². The first-order valence-corrected chi connectivity index (χ1v) is 10.9. The Hall–Kier alpha value is -4.26. The summed E-state index contributed by atoms with van der Waals surface area (Å²) in [5, 5.41) is 10.2. The number of halogens is 1. The highest BCUT2D eigenvalue weighted by Crippen LogP contribution is 2.25. The van der Waals surface area contributed by atoms with Crippen molar-refractivity contribution in [2.45, 2.75) is 20.8 Å². The first-order valence-electron chi connectivity index (χ1n) is 10.9. The van der Waals surface area contributed by atoms with Crippen molar-refractivity contribution in [3.8, 4) is 16.9 Å². The molecule has 0 spiro atoms. The molecule has 0 fully saturated rings. The van der Waals surface area contributed by atoms with Crippen LogP contribution in [-0.2, 0) is 4.79 Å². The molecule has 0 radical (unpaired) electrons. The van der Waals surface area contributed by atoms with Gasteiger partial charge in [-0.2, -0.15) is 5.10 Å². The smallest absolute Gasteiger partial charge is 0.255 e. The molecule has 4 rings (SSSR count). The van der Waals surface area contributed by atoms with Crippen molar-refractivity contribution < 1.29 is 14.0 Å². The molecule has 0 aliphatic heterocycles. The van der Waals surface area contributed by atoms with Gasteiger partial charge in [-0.1, -0.05) is 42.0 Å². The monoisotopic (exact) mass is 456 g/mol. The maximum Gasteiger partial charge on any atom is 0.255 e. The summed E-state index contributed by atoms with van der Waals surface area (Å²) in [7, 11) is 0. The lowest BCUT2D eigenvalue weighted by molar-refractivity contribution is -0.115. The van der Waals surface area contributed by atoms with E-state index in [1.165, 1.54) is 16.8 Å². The summed E-state index contributed by atoms with van der Waals surface area (Å²) >= 11 is 0. The number of hydrogen-bond donors (Lipinski definition) is 2. The Morgan fingerprint density at radius 3 is 2.29 bits per heavy atom. The Balaban J connectivity index is 1.58. The van der Waals surface area contributed by atoms with Gasteiger partial charge in [-0.05, 0) is 62.2 Å². The zero-order valence-electron chi connectivity index (χ0n) is 19.2. The molecule has 4 aromatic rings. The summed E-state index contributed by atoms with van der Waals surface area (Å²) in [4.78, 5) is 25.6. The van der Waals surface area contributed by atoms with Crippen LogP contribution >= 0.6 is 0 Å². The molecule has 2 N–H and O–H groups in total. The van der Waals surface area contributed by atoms with Gasteiger partial charge in [0.1, 0.15) is 11.5 Å². The number of para-hydroxylation sites is 1. The number of amides is 2. The summed E-state index contributed by atoms with van der Waals surface area (Å²) in [6, 6.07) is 19.2. The van der Waals surface area contributed by atoms with E-state index in [1.807, 2.05) is 63.2 Å². The lowest BCUT2D eigenvalue weighted by atomic mass is 10.1. The predicted octanol–water partition coefficient (Wildman–Crippen LogP) is 4.97. The maximum atomic E-state index is 13.4. The Morgan fingerprint density at radius 2 is 1.62 bits per heavy atom. The van der Waals surface area contributed by atoms with Crippen molar-refractivity contribution >= 4 is 17.5 Å². The molecule has 0 saturated heterocycles. The first kappa shape index (κ1) is 22.9. The molecular formula is C27H25FN4O2. The number of aromatic nitrogens is 2. The summed E-state index contributed by atoms with van der Waals surface area (Å²) < 4.78 is 14.9. The average molecular weight is 457 g/mol. The van der Waals surface area contributed by atoms with Crippen LogP contribution in [0.2, 0.25) is 0 Å². The highest BCUT2D eigenvalue weighted by Gasteiger charge is 2.20. The van der Waals surface area contributed by atoms with Crippen LogP contribution in [0.15, 0.2) is 72.9 Å². The van der Waals surface area contributed by atoms with Crippen LogP contribution in [0, 0.1) is 26.6 Å². The largest absolute Gasteiger partial charge is 0.343 e. The number of carbonyl (C=O) groups is 2. The lowest BCUT2D eigenvalue weighted by Gasteiger charge is -2.12. The Labute approximate surface area is 197 Å². The van der Waals surface area contributed by atoms with E-state index in [9.17, 15) is 14.0 Å². The summed E-state index contributed by atoms with van der Waals surface area (Å²) in [6.07, 6.45) is 1.59. The number of benzene rings is 3. The second-order valence-electron chi connectivity index (χ2n) is 8.18. The van der Waals surface area contributed by atoms with Crippen molar-refractivity contribution in [3.63, 3.8) is 0 Å². The number of hydrogen-bond acceptors (Lipinski definition) is 3. The third-order valence-corrected chi connectivity index (χ3v) is 5.50. The highest BCUT2D eigenvalue weighted by atomic mass is 19.1. The van der Waals surface area contributed by atoms with Gasteiger partial charge in [0.15, 0.2) is 0 Å². The third kappa shape index (κ3) is 5.04. The number of aryl methyl sites for hydroxylation is 3. The molecule has 6 nitrogen and oxygen atoms in total. The van der Waals surface area contributed by atoms with Gasteiger partial charge in [-0.25, -0.2) is 9.07 Å². The molecule has 34 heavy (non-hydrogen) atoms. The summed E-state index contributed by atoms with van der Waals surface area (Å²) in [5.41, 5.74) is 5.83. The number of rotatable bonds is 6. The maximum absolute atomic E-state index is 13.4. The van der Waals surface area contributed by atoms with Crippen LogP contribution in [0.3, 0.4) is 0 Å². The molecule has 0 atom stereocenters. The summed E-state index contributed by atoms with van der Waals surface area (Å²) in [6.45, 7) is 5.60. The van der Waals surface area contributed by atoms with Crippen LogP contribution in [0.25, 0.3) is 16.9 Å². The van der Waals surface area contributed by atoms with Gasteiger partial charge in [0.2, 0.25) is 5.91 Å². The van der Waals surface area contributed by atoms with Crippen molar-refractivity contribution in [2.24, 2.45) is 0 Å². The molecule has 0 aliphatic rings. The SMILES string of the molecule is Cc1cccc(-c2nn(-c3ccc(F)cc3)cc2C(=O)NCC(=O)Nc2c(C)cccc2C)c1. The fourth-order valence-electron chi connectivity index (χ4n) is 3.72. The van der Waals surface area contributed by atoms with E-state index in [2.05, 4.69) is 15.7 Å².